The third kappa shape index (κ3) is 3.90. The van der Waals surface area contributed by atoms with Crippen molar-refractivity contribution in [1.29, 1.82) is 0 Å². The Bertz CT molecular complexity index is 1010. The number of aromatic nitrogens is 1. The molecule has 1 amide bonds. The minimum absolute atomic E-state index is 0.380. The van der Waals surface area contributed by atoms with Crippen LogP contribution >= 0.6 is 11.6 Å². The summed E-state index contributed by atoms with van der Waals surface area (Å²) in [5.41, 5.74) is 2.45. The van der Waals surface area contributed by atoms with Gasteiger partial charge in [0.15, 0.2) is 6.10 Å². The van der Waals surface area contributed by atoms with Gasteiger partial charge in [0.1, 0.15) is 5.75 Å². The van der Waals surface area contributed by atoms with Gasteiger partial charge < -0.3 is 19.8 Å². The number of methoxy groups -OCH3 is 1. The van der Waals surface area contributed by atoms with Crippen LogP contribution in [0.25, 0.3) is 10.9 Å². The number of esters is 1. The highest BCUT2D eigenvalue weighted by molar-refractivity contribution is 6.31. The van der Waals surface area contributed by atoms with Gasteiger partial charge in [-0.3, -0.25) is 4.79 Å². The topological polar surface area (TPSA) is 80.4 Å². The predicted molar refractivity (Wildman–Crippen MR) is 105 cm³/mol. The average molecular weight is 387 g/mol. The van der Waals surface area contributed by atoms with E-state index in [2.05, 4.69) is 10.3 Å². The summed E-state index contributed by atoms with van der Waals surface area (Å²) in [6, 6.07) is 10.7. The molecule has 27 heavy (non-hydrogen) atoms. The fourth-order valence-corrected chi connectivity index (χ4v) is 2.84. The molecular weight excluding hydrogens is 368 g/mol. The second kappa shape index (κ2) is 7.72. The Morgan fingerprint density at radius 1 is 1.22 bits per heavy atom. The summed E-state index contributed by atoms with van der Waals surface area (Å²) in [6.45, 7) is 3.33. The number of H-pyrrole nitrogens is 1. The van der Waals surface area contributed by atoms with E-state index in [-0.39, 0.29) is 0 Å². The molecule has 0 aliphatic heterocycles. The normalized spacial score (nSPS) is 11.9. The molecule has 140 valence electrons. The molecule has 3 aromatic rings. The van der Waals surface area contributed by atoms with Crippen LogP contribution in [0, 0.1) is 6.92 Å². The van der Waals surface area contributed by atoms with Crippen LogP contribution in [0.3, 0.4) is 0 Å². The van der Waals surface area contributed by atoms with E-state index in [1.165, 1.54) is 14.0 Å². The van der Waals surface area contributed by atoms with E-state index in [9.17, 15) is 9.59 Å². The number of hydrogen-bond donors (Lipinski definition) is 2. The minimum Gasteiger partial charge on any atom is -0.495 e. The molecule has 0 fully saturated rings. The van der Waals surface area contributed by atoms with Gasteiger partial charge in [-0.05, 0) is 31.5 Å². The van der Waals surface area contributed by atoms with Crippen molar-refractivity contribution in [2.45, 2.75) is 20.0 Å². The van der Waals surface area contributed by atoms with Crippen molar-refractivity contribution in [3.63, 3.8) is 0 Å². The van der Waals surface area contributed by atoms with Crippen molar-refractivity contribution in [1.82, 2.24) is 4.98 Å². The maximum absolute atomic E-state index is 12.5. The van der Waals surface area contributed by atoms with E-state index in [4.69, 9.17) is 21.1 Å². The number of ether oxygens (including phenoxy) is 2. The van der Waals surface area contributed by atoms with Crippen LogP contribution in [-0.2, 0) is 9.53 Å². The number of anilines is 1. The summed E-state index contributed by atoms with van der Waals surface area (Å²) in [6.07, 6.45) is 0.579. The number of halogens is 1. The van der Waals surface area contributed by atoms with Crippen molar-refractivity contribution < 1.29 is 19.1 Å². The summed E-state index contributed by atoms with van der Waals surface area (Å²) >= 11 is 6.07. The summed E-state index contributed by atoms with van der Waals surface area (Å²) < 4.78 is 10.6. The first kappa shape index (κ1) is 18.8. The van der Waals surface area contributed by atoms with Gasteiger partial charge in [-0.15, -0.1) is 0 Å². The van der Waals surface area contributed by atoms with Crippen molar-refractivity contribution in [2.24, 2.45) is 0 Å². The fraction of sp³-hybridized carbons (Fsp3) is 0.200. The minimum atomic E-state index is -0.994. The Morgan fingerprint density at radius 2 is 1.96 bits per heavy atom. The van der Waals surface area contributed by atoms with E-state index in [1.54, 1.807) is 18.3 Å². The summed E-state index contributed by atoms with van der Waals surface area (Å²) in [4.78, 5) is 27.9. The molecule has 0 saturated heterocycles. The van der Waals surface area contributed by atoms with Gasteiger partial charge in [-0.1, -0.05) is 29.8 Å². The lowest BCUT2D eigenvalue weighted by atomic mass is 10.2. The van der Waals surface area contributed by atoms with E-state index in [1.807, 2.05) is 31.2 Å². The van der Waals surface area contributed by atoms with Crippen LogP contribution in [0.2, 0.25) is 5.02 Å². The van der Waals surface area contributed by atoms with Gasteiger partial charge in [0.25, 0.3) is 5.91 Å². The molecule has 7 heteroatoms. The van der Waals surface area contributed by atoms with Crippen LogP contribution < -0.4 is 10.1 Å². The zero-order chi connectivity index (χ0) is 19.6. The molecule has 0 bridgehead atoms. The number of aromatic amines is 1. The predicted octanol–water partition coefficient (Wildman–Crippen LogP) is 4.32. The first-order chi connectivity index (χ1) is 12.9. The van der Waals surface area contributed by atoms with Crippen LogP contribution in [0.4, 0.5) is 5.69 Å². The Kier molecular flexibility index (Phi) is 5.37. The highest BCUT2D eigenvalue weighted by atomic mass is 35.5. The van der Waals surface area contributed by atoms with Crippen LogP contribution in [0.5, 0.6) is 5.75 Å². The molecule has 0 aliphatic carbocycles. The van der Waals surface area contributed by atoms with E-state index in [0.717, 1.165) is 16.5 Å². The molecule has 3 rings (SSSR count). The number of amides is 1. The van der Waals surface area contributed by atoms with E-state index >= 15 is 0 Å². The van der Waals surface area contributed by atoms with Gasteiger partial charge >= 0.3 is 5.97 Å². The lowest BCUT2D eigenvalue weighted by Crippen LogP contribution is -2.30. The highest BCUT2D eigenvalue weighted by Gasteiger charge is 2.22. The van der Waals surface area contributed by atoms with Crippen molar-refractivity contribution in [3.05, 3.63) is 58.7 Å². The number of hydrogen-bond acceptors (Lipinski definition) is 4. The molecular formula is C20H19ClN2O4. The molecule has 6 nitrogen and oxygen atoms in total. The maximum Gasteiger partial charge on any atom is 0.341 e. The third-order valence-electron chi connectivity index (χ3n) is 4.20. The quantitative estimate of drug-likeness (QED) is 0.640. The van der Waals surface area contributed by atoms with Gasteiger partial charge in [0.05, 0.1) is 18.4 Å². The van der Waals surface area contributed by atoms with Gasteiger partial charge in [0, 0.05) is 28.2 Å². The number of rotatable bonds is 5. The van der Waals surface area contributed by atoms with Crippen molar-refractivity contribution in [2.75, 3.05) is 12.4 Å². The molecule has 1 aromatic heterocycles. The fourth-order valence-electron chi connectivity index (χ4n) is 2.68. The second-order valence-electron chi connectivity index (χ2n) is 6.09. The number of aryl methyl sites for hydroxylation is 1. The van der Waals surface area contributed by atoms with Crippen LogP contribution in [0.1, 0.15) is 22.8 Å². The summed E-state index contributed by atoms with van der Waals surface area (Å²) in [5, 5.41) is 3.98. The maximum atomic E-state index is 12.5. The highest BCUT2D eigenvalue weighted by Crippen LogP contribution is 2.31. The van der Waals surface area contributed by atoms with Crippen LogP contribution in [-0.4, -0.2) is 30.1 Å². The standard InChI is InChI=1S/C20H19ClN2O4/c1-11-8-17(18(26-3)9-15(11)21)23-19(24)12(2)27-20(25)14-10-22-16-7-5-4-6-13(14)16/h4-10,12,22H,1-3H3,(H,23,24)/t12-/m0/s1. The number of para-hydroxylation sites is 1. The van der Waals surface area contributed by atoms with Crippen LogP contribution in [0.15, 0.2) is 42.6 Å². The molecule has 2 aromatic carbocycles. The molecule has 1 atom stereocenters. The number of benzene rings is 2. The molecule has 0 unspecified atom stereocenters. The van der Waals surface area contributed by atoms with Gasteiger partial charge in [0.2, 0.25) is 0 Å². The smallest absolute Gasteiger partial charge is 0.341 e. The molecule has 0 radical (unpaired) electrons. The largest absolute Gasteiger partial charge is 0.495 e. The van der Waals surface area contributed by atoms with Crippen molar-refractivity contribution >= 4 is 40.1 Å². The van der Waals surface area contributed by atoms with Gasteiger partial charge in [-0.25, -0.2) is 4.79 Å². The molecule has 0 saturated carbocycles. The SMILES string of the molecule is COc1cc(Cl)c(C)cc1NC(=O)[C@H](C)OC(=O)c1c[nH]c2ccccc12. The van der Waals surface area contributed by atoms with Gasteiger partial charge in [-0.2, -0.15) is 0 Å². The number of nitrogens with one attached hydrogen (secondary N) is 2. The average Bonchev–Trinajstić information content (AvgIpc) is 3.08. The molecule has 0 spiro atoms. The van der Waals surface area contributed by atoms with Crippen molar-refractivity contribution in [3.8, 4) is 5.75 Å². The number of carbonyl (C=O) groups is 2. The third-order valence-corrected chi connectivity index (χ3v) is 4.61. The Balaban J connectivity index is 1.73. The second-order valence-corrected chi connectivity index (χ2v) is 6.49. The molecule has 1 heterocycles. The summed E-state index contributed by atoms with van der Waals surface area (Å²) in [7, 11) is 1.48. The molecule has 2 N–H and O–H groups in total. The van der Waals surface area contributed by atoms with E-state index < -0.39 is 18.0 Å². The Morgan fingerprint density at radius 3 is 2.70 bits per heavy atom. The molecule has 0 aliphatic rings. The van der Waals surface area contributed by atoms with E-state index in [0.29, 0.717) is 22.0 Å². The first-order valence-electron chi connectivity index (χ1n) is 8.32. The lowest BCUT2D eigenvalue weighted by Gasteiger charge is -2.16. The number of carbonyl (C=O) groups excluding carboxylic acids is 2. The zero-order valence-corrected chi connectivity index (χ0v) is 15.9. The Labute approximate surface area is 161 Å². The summed E-state index contributed by atoms with van der Waals surface area (Å²) in [5.74, 6) is -0.619. The monoisotopic (exact) mass is 386 g/mol. The zero-order valence-electron chi connectivity index (χ0n) is 15.1. The Hall–Kier alpha value is -2.99. The first-order valence-corrected chi connectivity index (χ1v) is 8.70. The number of fused-ring (bicyclic) bond motifs is 1. The lowest BCUT2D eigenvalue weighted by molar-refractivity contribution is -0.123.